The molecule has 2 aliphatic rings. The number of nitrogens with two attached hydrogens (primary N) is 1. The zero-order valence-electron chi connectivity index (χ0n) is 13.0. The van der Waals surface area contributed by atoms with Crippen molar-refractivity contribution in [1.29, 1.82) is 0 Å². The fourth-order valence-corrected chi connectivity index (χ4v) is 3.91. The third-order valence-corrected chi connectivity index (χ3v) is 4.85. The summed E-state index contributed by atoms with van der Waals surface area (Å²) in [6.07, 6.45) is 3.08. The van der Waals surface area contributed by atoms with Crippen LogP contribution in [0.1, 0.15) is 42.0 Å². The number of hydrazine groups is 1. The first-order valence-corrected chi connectivity index (χ1v) is 7.88. The molecular weight excluding hydrogens is 264 g/mol. The average Bonchev–Trinajstić information content (AvgIpc) is 2.86. The van der Waals surface area contributed by atoms with Crippen LogP contribution in [0.2, 0.25) is 0 Å². The van der Waals surface area contributed by atoms with E-state index >= 15 is 0 Å². The first-order valence-electron chi connectivity index (χ1n) is 7.88. The van der Waals surface area contributed by atoms with E-state index in [0.29, 0.717) is 5.92 Å². The Morgan fingerprint density at radius 1 is 1.24 bits per heavy atom. The fourth-order valence-electron chi connectivity index (χ4n) is 3.91. The van der Waals surface area contributed by atoms with E-state index in [1.807, 2.05) is 0 Å². The average molecular weight is 290 g/mol. The van der Waals surface area contributed by atoms with E-state index in [9.17, 15) is 0 Å². The number of hydrogen-bond donors (Lipinski definition) is 2. The van der Waals surface area contributed by atoms with E-state index in [2.05, 4.69) is 37.5 Å². The molecule has 2 saturated heterocycles. The lowest BCUT2D eigenvalue weighted by molar-refractivity contribution is -0.103. The van der Waals surface area contributed by atoms with Gasteiger partial charge in [0.15, 0.2) is 0 Å². The molecule has 0 radical (unpaired) electrons. The number of hydrogen-bond acceptors (Lipinski definition) is 4. The van der Waals surface area contributed by atoms with Crippen molar-refractivity contribution in [3.05, 3.63) is 34.9 Å². The van der Waals surface area contributed by atoms with E-state index in [4.69, 9.17) is 15.3 Å². The summed E-state index contributed by atoms with van der Waals surface area (Å²) in [5, 5.41) is 0. The van der Waals surface area contributed by atoms with Gasteiger partial charge in [0.2, 0.25) is 0 Å². The summed E-state index contributed by atoms with van der Waals surface area (Å²) >= 11 is 0. The molecule has 1 aromatic rings. The molecule has 3 rings (SSSR count). The number of nitrogens with one attached hydrogen (secondary N) is 1. The van der Waals surface area contributed by atoms with Gasteiger partial charge in [-0.1, -0.05) is 29.3 Å². The van der Waals surface area contributed by atoms with Gasteiger partial charge in [0.1, 0.15) is 0 Å². The standard InChI is InChI=1S/C17H26N2O2/c1-12-7-13(2)9-15(8-12)16(19-18)14-3-5-21-17(10-14)4-6-20-11-17/h7-9,14,16,19H,3-6,10-11,18H2,1-2H3. The van der Waals surface area contributed by atoms with Crippen LogP contribution in [0, 0.1) is 19.8 Å². The maximum atomic E-state index is 6.04. The largest absolute Gasteiger partial charge is 0.378 e. The molecule has 3 unspecified atom stereocenters. The van der Waals surface area contributed by atoms with Crippen molar-refractivity contribution in [3.8, 4) is 0 Å². The minimum absolute atomic E-state index is 0.0725. The quantitative estimate of drug-likeness (QED) is 0.663. The van der Waals surface area contributed by atoms with Gasteiger partial charge in [0.05, 0.1) is 12.2 Å². The van der Waals surface area contributed by atoms with Gasteiger partial charge in [-0.2, -0.15) is 0 Å². The van der Waals surface area contributed by atoms with Crippen LogP contribution in [0.4, 0.5) is 0 Å². The van der Waals surface area contributed by atoms with Crippen molar-refractivity contribution in [1.82, 2.24) is 5.43 Å². The Labute approximate surface area is 127 Å². The lowest BCUT2D eigenvalue weighted by Crippen LogP contribution is -2.45. The van der Waals surface area contributed by atoms with Gasteiger partial charge in [-0.15, -0.1) is 0 Å². The van der Waals surface area contributed by atoms with Crippen LogP contribution in [0.25, 0.3) is 0 Å². The third-order valence-electron chi connectivity index (χ3n) is 4.85. The summed E-state index contributed by atoms with van der Waals surface area (Å²) in [6, 6.07) is 6.87. The van der Waals surface area contributed by atoms with Crippen molar-refractivity contribution < 1.29 is 9.47 Å². The van der Waals surface area contributed by atoms with Gasteiger partial charge in [-0.25, -0.2) is 0 Å². The molecule has 0 bridgehead atoms. The lowest BCUT2D eigenvalue weighted by atomic mass is 9.79. The molecule has 2 fully saturated rings. The van der Waals surface area contributed by atoms with E-state index in [-0.39, 0.29) is 11.6 Å². The predicted molar refractivity (Wildman–Crippen MR) is 82.8 cm³/mol. The van der Waals surface area contributed by atoms with Crippen LogP contribution in [0.15, 0.2) is 18.2 Å². The Balaban J connectivity index is 1.82. The lowest BCUT2D eigenvalue weighted by Gasteiger charge is -2.40. The summed E-state index contributed by atoms with van der Waals surface area (Å²) in [6.45, 7) is 6.63. The first-order chi connectivity index (χ1) is 10.1. The van der Waals surface area contributed by atoms with Crippen molar-refractivity contribution in [2.24, 2.45) is 11.8 Å². The normalized spacial score (nSPS) is 30.7. The molecule has 4 heteroatoms. The second-order valence-electron chi connectivity index (χ2n) is 6.65. The first kappa shape index (κ1) is 15.0. The van der Waals surface area contributed by atoms with Gasteiger partial charge in [0, 0.05) is 25.7 Å². The molecular formula is C17H26N2O2. The minimum atomic E-state index is -0.0725. The molecule has 0 aliphatic carbocycles. The molecule has 3 N–H and O–H groups in total. The molecule has 2 heterocycles. The van der Waals surface area contributed by atoms with E-state index in [1.54, 1.807) is 0 Å². The van der Waals surface area contributed by atoms with Gasteiger partial charge in [-0.05, 0) is 38.2 Å². The summed E-state index contributed by atoms with van der Waals surface area (Å²) in [5.41, 5.74) is 6.84. The van der Waals surface area contributed by atoms with E-state index in [0.717, 1.165) is 39.1 Å². The zero-order valence-corrected chi connectivity index (χ0v) is 13.0. The van der Waals surface area contributed by atoms with Crippen LogP contribution < -0.4 is 11.3 Å². The molecule has 4 nitrogen and oxygen atoms in total. The van der Waals surface area contributed by atoms with Crippen molar-refractivity contribution in [3.63, 3.8) is 0 Å². The smallest absolute Gasteiger partial charge is 0.0940 e. The van der Waals surface area contributed by atoms with Crippen LogP contribution in [-0.2, 0) is 9.47 Å². The number of rotatable bonds is 3. The highest BCUT2D eigenvalue weighted by Gasteiger charge is 2.43. The Morgan fingerprint density at radius 3 is 2.62 bits per heavy atom. The fraction of sp³-hybridized carbons (Fsp3) is 0.647. The molecule has 0 saturated carbocycles. The molecule has 21 heavy (non-hydrogen) atoms. The summed E-state index contributed by atoms with van der Waals surface area (Å²) in [7, 11) is 0. The summed E-state index contributed by atoms with van der Waals surface area (Å²) in [5.74, 6) is 6.39. The Bertz CT molecular complexity index is 477. The molecule has 1 spiro atoms. The molecule has 1 aromatic carbocycles. The highest BCUT2D eigenvalue weighted by atomic mass is 16.6. The number of aryl methyl sites for hydroxylation is 2. The van der Waals surface area contributed by atoms with Crippen molar-refractivity contribution in [2.45, 2.75) is 44.8 Å². The van der Waals surface area contributed by atoms with Gasteiger partial charge >= 0.3 is 0 Å². The molecule has 0 amide bonds. The Kier molecular flexibility index (Phi) is 4.31. The van der Waals surface area contributed by atoms with Gasteiger partial charge in [-0.3, -0.25) is 11.3 Å². The van der Waals surface area contributed by atoms with Crippen molar-refractivity contribution in [2.75, 3.05) is 19.8 Å². The summed E-state index contributed by atoms with van der Waals surface area (Å²) in [4.78, 5) is 0. The Morgan fingerprint density at radius 2 is 2.00 bits per heavy atom. The maximum Gasteiger partial charge on any atom is 0.0940 e. The van der Waals surface area contributed by atoms with Crippen LogP contribution in [-0.4, -0.2) is 25.4 Å². The van der Waals surface area contributed by atoms with Crippen LogP contribution in [0.3, 0.4) is 0 Å². The topological polar surface area (TPSA) is 56.5 Å². The van der Waals surface area contributed by atoms with E-state index in [1.165, 1.54) is 16.7 Å². The minimum Gasteiger partial charge on any atom is -0.378 e. The van der Waals surface area contributed by atoms with E-state index < -0.39 is 0 Å². The predicted octanol–water partition coefficient (Wildman–Crippen LogP) is 2.39. The molecule has 116 valence electrons. The van der Waals surface area contributed by atoms with Gasteiger partial charge in [0.25, 0.3) is 0 Å². The van der Waals surface area contributed by atoms with Crippen LogP contribution in [0.5, 0.6) is 0 Å². The second-order valence-corrected chi connectivity index (χ2v) is 6.65. The third kappa shape index (κ3) is 3.14. The molecule has 2 aliphatic heterocycles. The summed E-state index contributed by atoms with van der Waals surface area (Å²) < 4.78 is 11.6. The molecule has 3 atom stereocenters. The molecule has 0 aromatic heterocycles. The van der Waals surface area contributed by atoms with Gasteiger partial charge < -0.3 is 9.47 Å². The second kappa shape index (κ2) is 6.05. The highest BCUT2D eigenvalue weighted by molar-refractivity contribution is 5.31. The van der Waals surface area contributed by atoms with Crippen molar-refractivity contribution >= 4 is 0 Å². The zero-order chi connectivity index (χ0) is 14.9. The van der Waals surface area contributed by atoms with Crippen LogP contribution >= 0.6 is 0 Å². The maximum absolute atomic E-state index is 6.04. The number of ether oxygens (including phenoxy) is 2. The SMILES string of the molecule is Cc1cc(C)cc(C(NN)C2CCOC3(CCOC3)C2)c1. The number of benzene rings is 1. The Hall–Kier alpha value is -0.940. The highest BCUT2D eigenvalue weighted by Crippen LogP contribution is 2.40. The monoisotopic (exact) mass is 290 g/mol.